The number of fused-ring (bicyclic) bond motifs is 1. The second-order valence-corrected chi connectivity index (χ2v) is 3.44. The molecule has 2 rings (SSSR count). The summed E-state index contributed by atoms with van der Waals surface area (Å²) in [6.45, 7) is -0.329. The first-order valence-electron chi connectivity index (χ1n) is 4.99. The average molecular weight is 236 g/mol. The lowest BCUT2D eigenvalue weighted by atomic mass is 10.2. The van der Waals surface area contributed by atoms with E-state index < -0.39 is 0 Å². The van der Waals surface area contributed by atoms with Crippen LogP contribution in [0.4, 0.5) is 0 Å². The quantitative estimate of drug-likeness (QED) is 0.869. The highest BCUT2D eigenvalue weighted by Crippen LogP contribution is 2.29. The average Bonchev–Trinajstić information content (AvgIpc) is 2.36. The fourth-order valence-corrected chi connectivity index (χ4v) is 1.64. The molecule has 0 radical (unpaired) electrons. The van der Waals surface area contributed by atoms with Gasteiger partial charge in [-0.25, -0.2) is 0 Å². The van der Waals surface area contributed by atoms with Crippen molar-refractivity contribution in [3.63, 3.8) is 0 Å². The van der Waals surface area contributed by atoms with Gasteiger partial charge in [-0.2, -0.15) is 0 Å². The zero-order valence-electron chi connectivity index (χ0n) is 9.52. The number of benzene rings is 1. The Morgan fingerprint density at radius 1 is 1.24 bits per heavy atom. The van der Waals surface area contributed by atoms with Crippen molar-refractivity contribution in [2.75, 3.05) is 14.2 Å². The molecule has 1 aromatic heterocycles. The minimum atomic E-state index is -0.329. The molecule has 0 unspecified atom stereocenters. The molecule has 5 nitrogen and oxygen atoms in total. The van der Waals surface area contributed by atoms with Gasteiger partial charge in [0, 0.05) is 18.2 Å². The van der Waals surface area contributed by atoms with E-state index in [1.54, 1.807) is 12.1 Å². The van der Waals surface area contributed by atoms with Crippen LogP contribution in [0.5, 0.6) is 11.5 Å². The molecule has 0 aliphatic rings. The van der Waals surface area contributed by atoms with Crippen LogP contribution in [0.1, 0.15) is 5.76 Å². The van der Waals surface area contributed by atoms with E-state index in [4.69, 9.17) is 19.0 Å². The molecule has 0 saturated heterocycles. The molecule has 0 atom stereocenters. The normalized spacial score (nSPS) is 10.5. The van der Waals surface area contributed by atoms with E-state index in [0.717, 1.165) is 0 Å². The van der Waals surface area contributed by atoms with Crippen molar-refractivity contribution < 1.29 is 19.0 Å². The molecule has 1 aromatic carbocycles. The van der Waals surface area contributed by atoms with E-state index in [9.17, 15) is 4.79 Å². The molecule has 0 amide bonds. The van der Waals surface area contributed by atoms with Gasteiger partial charge in [0.15, 0.2) is 5.43 Å². The van der Waals surface area contributed by atoms with Crippen LogP contribution < -0.4 is 14.9 Å². The second kappa shape index (κ2) is 4.47. The summed E-state index contributed by atoms with van der Waals surface area (Å²) < 4.78 is 15.6. The van der Waals surface area contributed by atoms with Crippen molar-refractivity contribution >= 4 is 11.0 Å². The highest BCUT2D eigenvalue weighted by atomic mass is 16.5. The van der Waals surface area contributed by atoms with Gasteiger partial charge in [-0.1, -0.05) is 0 Å². The van der Waals surface area contributed by atoms with Crippen LogP contribution in [0.15, 0.2) is 27.4 Å². The van der Waals surface area contributed by atoms with Crippen LogP contribution in [-0.4, -0.2) is 19.3 Å². The second-order valence-electron chi connectivity index (χ2n) is 3.44. The molecule has 5 heteroatoms. The summed E-state index contributed by atoms with van der Waals surface area (Å²) in [5, 5.41) is 9.32. The number of hydrogen-bond donors (Lipinski definition) is 1. The maximum atomic E-state index is 11.8. The number of aliphatic hydroxyl groups is 1. The Morgan fingerprint density at radius 3 is 2.59 bits per heavy atom. The van der Waals surface area contributed by atoms with E-state index >= 15 is 0 Å². The molecule has 0 bridgehead atoms. The Kier molecular flexibility index (Phi) is 3.01. The Hall–Kier alpha value is -2.01. The van der Waals surface area contributed by atoms with Crippen LogP contribution in [0, 0.1) is 0 Å². The standard InChI is InChI=1S/C12H12O5/c1-15-7-4-10(16-2)12-9(14)3-8(6-13)17-11(12)5-7/h3-5,13H,6H2,1-2H3. The van der Waals surface area contributed by atoms with Crippen molar-refractivity contribution in [1.29, 1.82) is 0 Å². The Morgan fingerprint density at radius 2 is 2.00 bits per heavy atom. The van der Waals surface area contributed by atoms with E-state index in [0.29, 0.717) is 22.5 Å². The Balaban J connectivity index is 2.84. The van der Waals surface area contributed by atoms with Crippen LogP contribution >= 0.6 is 0 Å². The van der Waals surface area contributed by atoms with E-state index in [-0.39, 0.29) is 17.8 Å². The third-order valence-electron chi connectivity index (χ3n) is 2.43. The molecular weight excluding hydrogens is 224 g/mol. The van der Waals surface area contributed by atoms with Crippen molar-refractivity contribution in [1.82, 2.24) is 0 Å². The predicted octanol–water partition coefficient (Wildman–Crippen LogP) is 1.30. The molecular formula is C12H12O5. The lowest BCUT2D eigenvalue weighted by Crippen LogP contribution is -2.04. The molecule has 0 fully saturated rings. The molecule has 90 valence electrons. The number of rotatable bonds is 3. The lowest BCUT2D eigenvalue weighted by molar-refractivity contribution is 0.248. The topological polar surface area (TPSA) is 68.9 Å². The molecule has 1 heterocycles. The van der Waals surface area contributed by atoms with Crippen LogP contribution in [-0.2, 0) is 6.61 Å². The van der Waals surface area contributed by atoms with Crippen molar-refractivity contribution in [3.05, 3.63) is 34.2 Å². The van der Waals surface area contributed by atoms with Gasteiger partial charge in [-0.3, -0.25) is 4.79 Å². The summed E-state index contributed by atoms with van der Waals surface area (Å²) in [4.78, 5) is 11.8. The zero-order valence-corrected chi connectivity index (χ0v) is 9.52. The number of ether oxygens (including phenoxy) is 2. The lowest BCUT2D eigenvalue weighted by Gasteiger charge is -2.08. The maximum absolute atomic E-state index is 11.8. The largest absolute Gasteiger partial charge is 0.496 e. The monoisotopic (exact) mass is 236 g/mol. The van der Waals surface area contributed by atoms with E-state index in [1.165, 1.54) is 20.3 Å². The van der Waals surface area contributed by atoms with E-state index in [2.05, 4.69) is 0 Å². The third kappa shape index (κ3) is 1.97. The van der Waals surface area contributed by atoms with Crippen molar-refractivity contribution in [2.24, 2.45) is 0 Å². The third-order valence-corrected chi connectivity index (χ3v) is 2.43. The van der Waals surface area contributed by atoms with Crippen molar-refractivity contribution in [3.8, 4) is 11.5 Å². The van der Waals surface area contributed by atoms with Gasteiger partial charge in [0.05, 0.1) is 14.2 Å². The number of aliphatic hydroxyl groups excluding tert-OH is 1. The minimum absolute atomic E-state index is 0.206. The summed E-state index contributed by atoms with van der Waals surface area (Å²) in [5.41, 5.74) is 0.0764. The fourth-order valence-electron chi connectivity index (χ4n) is 1.64. The first-order valence-corrected chi connectivity index (χ1v) is 4.99. The summed E-state index contributed by atoms with van der Waals surface area (Å²) in [5.74, 6) is 1.11. The molecule has 0 aliphatic carbocycles. The van der Waals surface area contributed by atoms with E-state index in [1.807, 2.05) is 0 Å². The first-order chi connectivity index (χ1) is 8.19. The SMILES string of the molecule is COc1cc(OC)c2c(=O)cc(CO)oc2c1. The van der Waals surface area contributed by atoms with Gasteiger partial charge in [-0.15, -0.1) is 0 Å². The molecule has 2 aromatic rings. The Bertz CT molecular complexity index is 594. The summed E-state index contributed by atoms with van der Waals surface area (Å²) >= 11 is 0. The van der Waals surface area contributed by atoms with Gasteiger partial charge < -0.3 is 19.0 Å². The molecule has 0 saturated carbocycles. The van der Waals surface area contributed by atoms with Gasteiger partial charge in [0.1, 0.15) is 34.8 Å². The van der Waals surface area contributed by atoms with Crippen LogP contribution in [0.2, 0.25) is 0 Å². The predicted molar refractivity (Wildman–Crippen MR) is 61.5 cm³/mol. The smallest absolute Gasteiger partial charge is 0.196 e. The summed E-state index contributed by atoms with van der Waals surface area (Å²) in [6, 6.07) is 4.44. The number of hydrogen-bond acceptors (Lipinski definition) is 5. The maximum Gasteiger partial charge on any atom is 0.196 e. The highest BCUT2D eigenvalue weighted by Gasteiger charge is 2.12. The highest BCUT2D eigenvalue weighted by molar-refractivity contribution is 5.85. The van der Waals surface area contributed by atoms with Crippen LogP contribution in [0.25, 0.3) is 11.0 Å². The fraction of sp³-hybridized carbons (Fsp3) is 0.250. The molecule has 0 aliphatic heterocycles. The van der Waals surface area contributed by atoms with Crippen LogP contribution in [0.3, 0.4) is 0 Å². The molecule has 0 spiro atoms. The van der Waals surface area contributed by atoms with Crippen molar-refractivity contribution in [2.45, 2.75) is 6.61 Å². The van der Waals surface area contributed by atoms with Gasteiger partial charge in [-0.05, 0) is 0 Å². The van der Waals surface area contributed by atoms with Gasteiger partial charge in [0.25, 0.3) is 0 Å². The summed E-state index contributed by atoms with van der Waals surface area (Å²) in [7, 11) is 2.97. The number of methoxy groups -OCH3 is 2. The first kappa shape index (κ1) is 11.5. The summed E-state index contributed by atoms with van der Waals surface area (Å²) in [6.07, 6.45) is 0. The molecule has 1 N–H and O–H groups in total. The zero-order chi connectivity index (χ0) is 12.4. The molecule has 17 heavy (non-hydrogen) atoms. The minimum Gasteiger partial charge on any atom is -0.496 e. The van der Waals surface area contributed by atoms with Gasteiger partial charge >= 0.3 is 0 Å². The Labute approximate surface area is 97.2 Å². The van der Waals surface area contributed by atoms with Gasteiger partial charge in [0.2, 0.25) is 0 Å².